The first-order valence-corrected chi connectivity index (χ1v) is 9.13. The van der Waals surface area contributed by atoms with Crippen LogP contribution in [0.15, 0.2) is 24.3 Å². The lowest BCUT2D eigenvalue weighted by molar-refractivity contribution is 0.0949. The Labute approximate surface area is 151 Å². The molecular weight excluding hydrogens is 330 g/mol. The zero-order valence-corrected chi connectivity index (χ0v) is 14.9. The van der Waals surface area contributed by atoms with E-state index in [-0.39, 0.29) is 12.0 Å². The molecule has 1 amide bonds. The van der Waals surface area contributed by atoms with Gasteiger partial charge in [-0.05, 0) is 31.4 Å². The van der Waals surface area contributed by atoms with Gasteiger partial charge in [-0.15, -0.1) is 0 Å². The molecule has 1 aliphatic rings. The molecule has 1 saturated heterocycles. The Balaban J connectivity index is 1.88. The lowest BCUT2D eigenvalue weighted by Gasteiger charge is -2.13. The van der Waals surface area contributed by atoms with Crippen molar-refractivity contribution in [2.45, 2.75) is 38.8 Å². The predicted octanol–water partition coefficient (Wildman–Crippen LogP) is 2.49. The second kappa shape index (κ2) is 6.92. The highest BCUT2D eigenvalue weighted by molar-refractivity contribution is 6.10. The van der Waals surface area contributed by atoms with Crippen LogP contribution in [0.1, 0.15) is 36.5 Å². The van der Waals surface area contributed by atoms with Crippen molar-refractivity contribution in [3.63, 3.8) is 0 Å². The van der Waals surface area contributed by atoms with E-state index >= 15 is 0 Å². The van der Waals surface area contributed by atoms with Crippen molar-refractivity contribution in [2.75, 3.05) is 18.9 Å². The molecule has 7 heteroatoms. The number of nitrogens with zero attached hydrogens (tertiary/aromatic N) is 3. The van der Waals surface area contributed by atoms with Gasteiger partial charge in [-0.3, -0.25) is 4.79 Å². The summed E-state index contributed by atoms with van der Waals surface area (Å²) in [5, 5.41) is 2.91. The SMILES string of the molecule is CCCNC(=O)c1c(N)n(CC2CCCO2)c2nc3ccccc3nc12. The number of fused-ring (bicyclic) bond motifs is 2. The van der Waals surface area contributed by atoms with E-state index < -0.39 is 0 Å². The number of hydrogen-bond acceptors (Lipinski definition) is 5. The quantitative estimate of drug-likeness (QED) is 0.735. The van der Waals surface area contributed by atoms with Gasteiger partial charge in [-0.1, -0.05) is 19.1 Å². The molecule has 3 aromatic rings. The summed E-state index contributed by atoms with van der Waals surface area (Å²) in [7, 11) is 0. The minimum Gasteiger partial charge on any atom is -0.384 e. The van der Waals surface area contributed by atoms with Crippen molar-refractivity contribution in [3.8, 4) is 0 Å². The van der Waals surface area contributed by atoms with Crippen molar-refractivity contribution in [1.29, 1.82) is 0 Å². The predicted molar refractivity (Wildman–Crippen MR) is 101 cm³/mol. The lowest BCUT2D eigenvalue weighted by Crippen LogP contribution is -2.25. The van der Waals surface area contributed by atoms with Crippen LogP contribution in [0.25, 0.3) is 22.2 Å². The van der Waals surface area contributed by atoms with Crippen molar-refractivity contribution < 1.29 is 9.53 Å². The molecule has 0 saturated carbocycles. The number of benzene rings is 1. The number of rotatable bonds is 5. The van der Waals surface area contributed by atoms with Crippen molar-refractivity contribution >= 4 is 33.9 Å². The molecule has 1 aliphatic heterocycles. The fourth-order valence-corrected chi connectivity index (χ4v) is 3.44. The first-order chi connectivity index (χ1) is 12.7. The van der Waals surface area contributed by atoms with E-state index in [1.165, 1.54) is 0 Å². The highest BCUT2D eigenvalue weighted by atomic mass is 16.5. The monoisotopic (exact) mass is 353 g/mol. The van der Waals surface area contributed by atoms with E-state index in [4.69, 9.17) is 20.4 Å². The molecular formula is C19H23N5O2. The number of carbonyl (C=O) groups is 1. The van der Waals surface area contributed by atoms with Gasteiger partial charge in [0.1, 0.15) is 16.9 Å². The van der Waals surface area contributed by atoms with Gasteiger partial charge in [0.15, 0.2) is 5.65 Å². The van der Waals surface area contributed by atoms with Crippen LogP contribution < -0.4 is 11.1 Å². The molecule has 1 unspecified atom stereocenters. The number of carbonyl (C=O) groups excluding carboxylic acids is 1. The molecule has 0 aliphatic carbocycles. The second-order valence-electron chi connectivity index (χ2n) is 6.65. The number of nitrogens with one attached hydrogen (secondary N) is 1. The van der Waals surface area contributed by atoms with Crippen molar-refractivity contribution in [1.82, 2.24) is 19.9 Å². The molecule has 26 heavy (non-hydrogen) atoms. The number of hydrogen-bond donors (Lipinski definition) is 2. The fourth-order valence-electron chi connectivity index (χ4n) is 3.44. The molecule has 1 atom stereocenters. The summed E-state index contributed by atoms with van der Waals surface area (Å²) in [6.07, 6.45) is 2.97. The highest BCUT2D eigenvalue weighted by Crippen LogP contribution is 2.29. The first kappa shape index (κ1) is 16.8. The molecule has 3 N–H and O–H groups in total. The van der Waals surface area contributed by atoms with E-state index in [2.05, 4.69) is 5.32 Å². The summed E-state index contributed by atoms with van der Waals surface area (Å²) in [6, 6.07) is 7.64. The minimum absolute atomic E-state index is 0.0905. The highest BCUT2D eigenvalue weighted by Gasteiger charge is 2.26. The topological polar surface area (TPSA) is 95.1 Å². The fraction of sp³-hybridized carbons (Fsp3) is 0.421. The Bertz CT molecular complexity index is 959. The van der Waals surface area contributed by atoms with Crippen molar-refractivity contribution in [3.05, 3.63) is 29.8 Å². The number of amides is 1. The first-order valence-electron chi connectivity index (χ1n) is 9.13. The standard InChI is InChI=1S/C19H23N5O2/c1-2-9-21-19(25)15-16-18(23-14-8-4-3-7-13(14)22-16)24(17(15)20)11-12-6-5-10-26-12/h3-4,7-8,12H,2,5-6,9-11,20H2,1H3,(H,21,25). The number of aromatic nitrogens is 3. The Hall–Kier alpha value is -2.67. The molecule has 4 rings (SSSR count). The summed E-state index contributed by atoms with van der Waals surface area (Å²) < 4.78 is 7.64. The van der Waals surface area contributed by atoms with Crippen LogP contribution in [0.4, 0.5) is 5.82 Å². The van der Waals surface area contributed by atoms with Gasteiger partial charge in [-0.25, -0.2) is 9.97 Å². The van der Waals surface area contributed by atoms with Crippen LogP contribution in [0, 0.1) is 0 Å². The molecule has 0 spiro atoms. The number of nitrogens with two attached hydrogens (primary N) is 1. The second-order valence-corrected chi connectivity index (χ2v) is 6.65. The largest absolute Gasteiger partial charge is 0.384 e. The van der Waals surface area contributed by atoms with Gasteiger partial charge in [-0.2, -0.15) is 0 Å². The molecule has 1 fully saturated rings. The number of anilines is 1. The Kier molecular flexibility index (Phi) is 4.46. The third kappa shape index (κ3) is 2.88. The lowest BCUT2D eigenvalue weighted by atomic mass is 10.2. The van der Waals surface area contributed by atoms with Crippen LogP contribution in [0.5, 0.6) is 0 Å². The average Bonchev–Trinajstić information content (AvgIpc) is 3.25. The zero-order valence-electron chi connectivity index (χ0n) is 14.9. The van der Waals surface area contributed by atoms with Crippen LogP contribution in [-0.2, 0) is 11.3 Å². The summed E-state index contributed by atoms with van der Waals surface area (Å²) in [5.41, 5.74) is 9.52. The summed E-state index contributed by atoms with van der Waals surface area (Å²) in [4.78, 5) is 22.2. The van der Waals surface area contributed by atoms with Gasteiger partial charge >= 0.3 is 0 Å². The molecule has 2 aromatic heterocycles. The Morgan fingerprint density at radius 1 is 1.35 bits per heavy atom. The molecule has 0 radical (unpaired) electrons. The van der Waals surface area contributed by atoms with Crippen LogP contribution in [0.3, 0.4) is 0 Å². The maximum absolute atomic E-state index is 12.7. The molecule has 3 heterocycles. The number of ether oxygens (including phenoxy) is 1. The number of nitrogen functional groups attached to an aromatic ring is 1. The van der Waals surface area contributed by atoms with Crippen LogP contribution >= 0.6 is 0 Å². The Morgan fingerprint density at radius 3 is 2.81 bits per heavy atom. The summed E-state index contributed by atoms with van der Waals surface area (Å²) >= 11 is 0. The summed E-state index contributed by atoms with van der Waals surface area (Å²) in [5.74, 6) is 0.199. The average molecular weight is 353 g/mol. The van der Waals surface area contributed by atoms with Crippen LogP contribution in [-0.4, -0.2) is 39.7 Å². The molecule has 1 aromatic carbocycles. The van der Waals surface area contributed by atoms with Gasteiger partial charge in [0.25, 0.3) is 5.91 Å². The van der Waals surface area contributed by atoms with E-state index in [0.29, 0.717) is 35.6 Å². The minimum atomic E-state index is -0.204. The normalized spacial score (nSPS) is 17.2. The van der Waals surface area contributed by atoms with Crippen molar-refractivity contribution in [2.24, 2.45) is 0 Å². The van der Waals surface area contributed by atoms with Gasteiger partial charge in [0.05, 0.1) is 23.7 Å². The van der Waals surface area contributed by atoms with E-state index in [1.807, 2.05) is 35.8 Å². The third-order valence-corrected chi connectivity index (χ3v) is 4.76. The third-order valence-electron chi connectivity index (χ3n) is 4.76. The molecule has 7 nitrogen and oxygen atoms in total. The maximum atomic E-state index is 12.7. The number of para-hydroxylation sites is 2. The van der Waals surface area contributed by atoms with Gasteiger partial charge in [0.2, 0.25) is 0 Å². The molecule has 136 valence electrons. The smallest absolute Gasteiger partial charge is 0.257 e. The Morgan fingerprint density at radius 2 is 2.12 bits per heavy atom. The van der Waals surface area contributed by atoms with Crippen LogP contribution in [0.2, 0.25) is 0 Å². The van der Waals surface area contributed by atoms with Gasteiger partial charge in [0, 0.05) is 13.2 Å². The molecule has 0 bridgehead atoms. The zero-order chi connectivity index (χ0) is 18.1. The summed E-state index contributed by atoms with van der Waals surface area (Å²) in [6.45, 7) is 3.95. The van der Waals surface area contributed by atoms with E-state index in [1.54, 1.807) is 0 Å². The van der Waals surface area contributed by atoms with E-state index in [0.717, 1.165) is 36.9 Å². The maximum Gasteiger partial charge on any atom is 0.257 e. The van der Waals surface area contributed by atoms with E-state index in [9.17, 15) is 4.79 Å². The van der Waals surface area contributed by atoms with Gasteiger partial charge < -0.3 is 20.4 Å².